The lowest BCUT2D eigenvalue weighted by Gasteiger charge is -2.35. The summed E-state index contributed by atoms with van der Waals surface area (Å²) >= 11 is 6.42. The first-order valence-corrected chi connectivity index (χ1v) is 11.6. The van der Waals surface area contributed by atoms with Crippen molar-refractivity contribution in [1.29, 1.82) is 0 Å². The van der Waals surface area contributed by atoms with Crippen molar-refractivity contribution in [3.8, 4) is 5.69 Å². The van der Waals surface area contributed by atoms with E-state index in [9.17, 15) is 9.59 Å². The minimum absolute atomic E-state index is 0.101. The second-order valence-electron chi connectivity index (χ2n) is 8.47. The van der Waals surface area contributed by atoms with Crippen molar-refractivity contribution in [3.63, 3.8) is 0 Å². The molecule has 0 bridgehead atoms. The summed E-state index contributed by atoms with van der Waals surface area (Å²) in [6.45, 7) is 4.11. The molecule has 0 radical (unpaired) electrons. The van der Waals surface area contributed by atoms with Gasteiger partial charge in [-0.25, -0.2) is 0 Å². The molecule has 0 spiro atoms. The number of carbonyl (C=O) groups excluding carboxylic acids is 1. The van der Waals surface area contributed by atoms with Crippen molar-refractivity contribution < 1.29 is 4.79 Å². The van der Waals surface area contributed by atoms with E-state index in [0.29, 0.717) is 36.9 Å². The summed E-state index contributed by atoms with van der Waals surface area (Å²) in [5, 5.41) is 7.61. The van der Waals surface area contributed by atoms with Crippen molar-refractivity contribution in [2.24, 2.45) is 5.92 Å². The maximum absolute atomic E-state index is 12.7. The van der Waals surface area contributed by atoms with Gasteiger partial charge in [0.15, 0.2) is 0 Å². The molecular weight excluding hydrogens is 414 g/mol. The van der Waals surface area contributed by atoms with Gasteiger partial charge in [-0.3, -0.25) is 14.5 Å². The van der Waals surface area contributed by atoms with Crippen LogP contribution in [0.15, 0.2) is 41.3 Å². The van der Waals surface area contributed by atoms with Crippen LogP contribution < -0.4 is 15.8 Å². The molecular formula is C23H30ClN5O2. The molecule has 1 aliphatic carbocycles. The van der Waals surface area contributed by atoms with E-state index in [2.05, 4.69) is 20.2 Å². The molecule has 1 amide bonds. The first-order chi connectivity index (χ1) is 15.1. The van der Waals surface area contributed by atoms with Crippen LogP contribution >= 0.6 is 11.6 Å². The van der Waals surface area contributed by atoms with E-state index in [1.165, 1.54) is 36.8 Å². The van der Waals surface area contributed by atoms with E-state index in [-0.39, 0.29) is 16.5 Å². The first-order valence-electron chi connectivity index (χ1n) is 11.2. The average Bonchev–Trinajstić information content (AvgIpc) is 2.81. The predicted octanol–water partition coefficient (Wildman–Crippen LogP) is 2.70. The Morgan fingerprint density at radius 1 is 1.06 bits per heavy atom. The number of rotatable bonds is 6. The van der Waals surface area contributed by atoms with E-state index in [1.807, 2.05) is 30.3 Å². The third-order valence-corrected chi connectivity index (χ3v) is 6.65. The summed E-state index contributed by atoms with van der Waals surface area (Å²) in [6.07, 6.45) is 8.03. The molecule has 2 fully saturated rings. The number of hydrogen-bond donors (Lipinski definition) is 1. The van der Waals surface area contributed by atoms with Crippen molar-refractivity contribution >= 4 is 23.2 Å². The smallest absolute Gasteiger partial charge is 0.292 e. The Balaban J connectivity index is 1.30. The van der Waals surface area contributed by atoms with Crippen LogP contribution in [0.25, 0.3) is 5.69 Å². The van der Waals surface area contributed by atoms with Gasteiger partial charge in [0, 0.05) is 32.7 Å². The highest BCUT2D eigenvalue weighted by molar-refractivity contribution is 6.33. The summed E-state index contributed by atoms with van der Waals surface area (Å²) in [5.74, 6) is 0.742. The fourth-order valence-electron chi connectivity index (χ4n) is 4.45. The lowest BCUT2D eigenvalue weighted by atomic mass is 9.89. The SMILES string of the molecule is O=C(CN1CCN(c2cnn(-c3ccccc3)c(=O)c2Cl)CC1)NCC1CCCCC1. The Morgan fingerprint density at radius 2 is 1.77 bits per heavy atom. The van der Waals surface area contributed by atoms with Gasteiger partial charge in [-0.05, 0) is 30.9 Å². The fourth-order valence-corrected chi connectivity index (χ4v) is 4.70. The van der Waals surface area contributed by atoms with E-state index >= 15 is 0 Å². The number of aromatic nitrogens is 2. The van der Waals surface area contributed by atoms with Gasteiger partial charge in [-0.2, -0.15) is 9.78 Å². The van der Waals surface area contributed by atoms with Gasteiger partial charge in [-0.15, -0.1) is 0 Å². The van der Waals surface area contributed by atoms with Crippen molar-refractivity contribution in [3.05, 3.63) is 51.9 Å². The summed E-state index contributed by atoms with van der Waals surface area (Å²) in [6, 6.07) is 9.25. The molecule has 0 unspecified atom stereocenters. The summed E-state index contributed by atoms with van der Waals surface area (Å²) in [5.41, 5.74) is 1.01. The van der Waals surface area contributed by atoms with E-state index in [1.54, 1.807) is 6.20 Å². The van der Waals surface area contributed by atoms with Crippen LogP contribution in [-0.2, 0) is 4.79 Å². The van der Waals surface area contributed by atoms with Gasteiger partial charge < -0.3 is 10.2 Å². The number of piperazine rings is 1. The Kier molecular flexibility index (Phi) is 7.25. The normalized spacial score (nSPS) is 18.2. The molecule has 166 valence electrons. The topological polar surface area (TPSA) is 70.5 Å². The molecule has 1 saturated heterocycles. The van der Waals surface area contributed by atoms with Gasteiger partial charge in [0.2, 0.25) is 5.91 Å². The fraction of sp³-hybridized carbons (Fsp3) is 0.522. The minimum atomic E-state index is -0.324. The van der Waals surface area contributed by atoms with Gasteiger partial charge in [0.25, 0.3) is 5.56 Å². The van der Waals surface area contributed by atoms with Gasteiger partial charge >= 0.3 is 0 Å². The molecule has 1 saturated carbocycles. The zero-order valence-corrected chi connectivity index (χ0v) is 18.6. The highest BCUT2D eigenvalue weighted by Gasteiger charge is 2.23. The number of amides is 1. The Bertz CT molecular complexity index is 935. The number of para-hydroxylation sites is 1. The Labute approximate surface area is 188 Å². The number of benzene rings is 1. The molecule has 2 aliphatic rings. The van der Waals surface area contributed by atoms with Crippen LogP contribution in [0.1, 0.15) is 32.1 Å². The Morgan fingerprint density at radius 3 is 2.48 bits per heavy atom. The van der Waals surface area contributed by atoms with Crippen LogP contribution in [0.4, 0.5) is 5.69 Å². The lowest BCUT2D eigenvalue weighted by molar-refractivity contribution is -0.122. The molecule has 0 atom stereocenters. The van der Waals surface area contributed by atoms with Crippen LogP contribution in [-0.4, -0.2) is 59.9 Å². The highest BCUT2D eigenvalue weighted by Crippen LogP contribution is 2.24. The van der Waals surface area contributed by atoms with Crippen molar-refractivity contribution in [1.82, 2.24) is 20.0 Å². The van der Waals surface area contributed by atoms with E-state index in [0.717, 1.165) is 19.6 Å². The number of nitrogens with zero attached hydrogens (tertiary/aromatic N) is 4. The van der Waals surface area contributed by atoms with Gasteiger partial charge in [-0.1, -0.05) is 49.1 Å². The van der Waals surface area contributed by atoms with Crippen molar-refractivity contribution in [2.45, 2.75) is 32.1 Å². The third-order valence-electron chi connectivity index (χ3n) is 6.29. The largest absolute Gasteiger partial charge is 0.366 e. The van der Waals surface area contributed by atoms with Crippen LogP contribution in [0.2, 0.25) is 5.02 Å². The van der Waals surface area contributed by atoms with E-state index < -0.39 is 0 Å². The molecule has 7 nitrogen and oxygen atoms in total. The zero-order valence-electron chi connectivity index (χ0n) is 17.8. The monoisotopic (exact) mass is 443 g/mol. The molecule has 8 heteroatoms. The molecule has 4 rings (SSSR count). The predicted molar refractivity (Wildman–Crippen MR) is 123 cm³/mol. The van der Waals surface area contributed by atoms with Crippen molar-refractivity contribution in [2.75, 3.05) is 44.2 Å². The summed E-state index contributed by atoms with van der Waals surface area (Å²) in [4.78, 5) is 29.3. The molecule has 2 aromatic rings. The minimum Gasteiger partial charge on any atom is -0.366 e. The summed E-state index contributed by atoms with van der Waals surface area (Å²) in [7, 11) is 0. The van der Waals surface area contributed by atoms with Gasteiger partial charge in [0.1, 0.15) is 5.02 Å². The average molecular weight is 444 g/mol. The first kappa shape index (κ1) is 21.8. The molecule has 1 aromatic heterocycles. The van der Waals surface area contributed by atoms with Crippen LogP contribution in [0.3, 0.4) is 0 Å². The molecule has 1 aromatic carbocycles. The van der Waals surface area contributed by atoms with Gasteiger partial charge in [0.05, 0.1) is 24.1 Å². The maximum atomic E-state index is 12.7. The molecule has 2 heterocycles. The number of carbonyl (C=O) groups is 1. The third kappa shape index (κ3) is 5.46. The number of anilines is 1. The number of nitrogens with one attached hydrogen (secondary N) is 1. The second kappa shape index (κ2) is 10.3. The standard InChI is InChI=1S/C23H30ClN5O2/c24-22-20(16-26-29(23(22)31)19-9-5-2-6-10-19)28-13-11-27(12-14-28)17-21(30)25-15-18-7-3-1-4-8-18/h2,5-6,9-10,16,18H,1,3-4,7-8,11-15,17H2,(H,25,30). The zero-order chi connectivity index (χ0) is 21.6. The van der Waals surface area contributed by atoms with Crippen LogP contribution in [0, 0.1) is 5.92 Å². The quantitative estimate of drug-likeness (QED) is 0.743. The number of halogens is 1. The molecule has 1 N–H and O–H groups in total. The maximum Gasteiger partial charge on any atom is 0.292 e. The lowest BCUT2D eigenvalue weighted by Crippen LogP contribution is -2.50. The molecule has 31 heavy (non-hydrogen) atoms. The summed E-state index contributed by atoms with van der Waals surface area (Å²) < 4.78 is 1.32. The Hall–Kier alpha value is -2.38. The number of hydrogen-bond acceptors (Lipinski definition) is 5. The van der Waals surface area contributed by atoms with Crippen LogP contribution in [0.5, 0.6) is 0 Å². The second-order valence-corrected chi connectivity index (χ2v) is 8.85. The highest BCUT2D eigenvalue weighted by atomic mass is 35.5. The molecule has 1 aliphatic heterocycles. The van der Waals surface area contributed by atoms with E-state index in [4.69, 9.17) is 11.6 Å².